The van der Waals surface area contributed by atoms with Gasteiger partial charge in [-0.05, 0) is 42.9 Å². The normalized spacial score (nSPS) is 22.4. The predicted octanol–water partition coefficient (Wildman–Crippen LogP) is 3.26. The molecule has 3 N–H and O–H groups in total. The Morgan fingerprint density at radius 2 is 2.00 bits per heavy atom. The van der Waals surface area contributed by atoms with E-state index in [1.54, 1.807) is 12.1 Å². The summed E-state index contributed by atoms with van der Waals surface area (Å²) in [5, 5.41) is 16.9. The summed E-state index contributed by atoms with van der Waals surface area (Å²) in [5.74, 6) is 0.786. The fourth-order valence-electron chi connectivity index (χ4n) is 3.55. The largest absolute Gasteiger partial charge is 0.386 e. The smallest absolute Gasteiger partial charge is 0.191 e. The highest BCUT2D eigenvalue weighted by Gasteiger charge is 2.35. The van der Waals surface area contributed by atoms with Gasteiger partial charge in [0.15, 0.2) is 5.96 Å². The Kier molecular flexibility index (Phi) is 8.05. The monoisotopic (exact) mass is 379 g/mol. The van der Waals surface area contributed by atoms with Crippen LogP contribution in [0.2, 0.25) is 0 Å². The summed E-state index contributed by atoms with van der Waals surface area (Å²) in [6.07, 6.45) is 1.66. The van der Waals surface area contributed by atoms with Crippen molar-refractivity contribution in [3.05, 3.63) is 35.6 Å². The van der Waals surface area contributed by atoms with E-state index < -0.39 is 6.10 Å². The zero-order chi connectivity index (χ0) is 19.9. The lowest BCUT2D eigenvalue weighted by Crippen LogP contribution is -2.47. The van der Waals surface area contributed by atoms with Gasteiger partial charge < -0.3 is 20.5 Å². The molecule has 5 nitrogen and oxygen atoms in total. The summed E-state index contributed by atoms with van der Waals surface area (Å²) in [6.45, 7) is 11.2. The van der Waals surface area contributed by atoms with E-state index >= 15 is 0 Å². The van der Waals surface area contributed by atoms with Gasteiger partial charge in [-0.15, -0.1) is 0 Å². The number of rotatable bonds is 6. The van der Waals surface area contributed by atoms with Gasteiger partial charge in [-0.2, -0.15) is 0 Å². The molecule has 1 saturated heterocycles. The minimum atomic E-state index is -0.763. The number of aliphatic hydroxyl groups is 1. The number of ether oxygens (including phenoxy) is 1. The summed E-state index contributed by atoms with van der Waals surface area (Å²) in [4.78, 5) is 4.49. The maximum Gasteiger partial charge on any atom is 0.191 e. The van der Waals surface area contributed by atoms with Crippen molar-refractivity contribution >= 4 is 5.96 Å². The van der Waals surface area contributed by atoms with Crippen LogP contribution in [0.4, 0.5) is 4.39 Å². The van der Waals surface area contributed by atoms with Crippen molar-refractivity contribution in [3.8, 4) is 0 Å². The second-order valence-electron chi connectivity index (χ2n) is 8.23. The third-order valence-electron chi connectivity index (χ3n) is 4.85. The summed E-state index contributed by atoms with van der Waals surface area (Å²) in [5.41, 5.74) is 0.755. The summed E-state index contributed by atoms with van der Waals surface area (Å²) in [6, 6.07) is 5.87. The van der Waals surface area contributed by atoms with E-state index in [1.165, 1.54) is 12.1 Å². The number of benzene rings is 1. The number of hydrogen-bond donors (Lipinski definition) is 3. The Balaban J connectivity index is 1.95. The maximum absolute atomic E-state index is 13.0. The van der Waals surface area contributed by atoms with E-state index in [2.05, 4.69) is 36.4 Å². The third kappa shape index (κ3) is 6.78. The van der Waals surface area contributed by atoms with Gasteiger partial charge in [-0.3, -0.25) is 4.99 Å². The van der Waals surface area contributed by atoms with E-state index in [9.17, 15) is 9.50 Å². The fourth-order valence-corrected chi connectivity index (χ4v) is 3.55. The lowest BCUT2D eigenvalue weighted by atomic mass is 9.78. The molecule has 3 unspecified atom stereocenters. The Morgan fingerprint density at radius 1 is 1.30 bits per heavy atom. The Bertz CT molecular complexity index is 598. The van der Waals surface area contributed by atoms with E-state index in [0.29, 0.717) is 17.4 Å². The van der Waals surface area contributed by atoms with Crippen LogP contribution in [0.5, 0.6) is 0 Å². The molecule has 0 bridgehead atoms. The lowest BCUT2D eigenvalue weighted by Gasteiger charge is -2.40. The second kappa shape index (κ2) is 10.0. The molecule has 1 heterocycles. The number of guanidine groups is 1. The van der Waals surface area contributed by atoms with Crippen molar-refractivity contribution in [1.29, 1.82) is 0 Å². The van der Waals surface area contributed by atoms with Gasteiger partial charge in [0, 0.05) is 25.6 Å². The average Bonchev–Trinajstić information content (AvgIpc) is 2.64. The molecular formula is C21H34FN3O2. The van der Waals surface area contributed by atoms with Crippen molar-refractivity contribution in [2.24, 2.45) is 16.3 Å². The van der Waals surface area contributed by atoms with Gasteiger partial charge in [0.2, 0.25) is 0 Å². The molecule has 1 aromatic rings. The number of aliphatic imine (C=N–C) groups is 1. The summed E-state index contributed by atoms with van der Waals surface area (Å²) in [7, 11) is 0. The molecule has 1 aliphatic rings. The second-order valence-corrected chi connectivity index (χ2v) is 8.23. The van der Waals surface area contributed by atoms with E-state index in [-0.39, 0.29) is 23.9 Å². The highest BCUT2D eigenvalue weighted by molar-refractivity contribution is 5.79. The number of hydrogen-bond acceptors (Lipinski definition) is 3. The van der Waals surface area contributed by atoms with Crippen LogP contribution in [-0.2, 0) is 4.74 Å². The number of nitrogens with zero attached hydrogens (tertiary/aromatic N) is 1. The van der Waals surface area contributed by atoms with Crippen molar-refractivity contribution in [3.63, 3.8) is 0 Å². The molecular weight excluding hydrogens is 345 g/mol. The molecule has 1 aromatic carbocycles. The van der Waals surface area contributed by atoms with Crippen LogP contribution >= 0.6 is 0 Å². The van der Waals surface area contributed by atoms with E-state index in [1.807, 2.05) is 6.92 Å². The van der Waals surface area contributed by atoms with Gasteiger partial charge in [-0.25, -0.2) is 4.39 Å². The van der Waals surface area contributed by atoms with Crippen LogP contribution in [0, 0.1) is 17.2 Å². The molecule has 2 rings (SSSR count). The molecule has 1 aliphatic heterocycles. The molecule has 6 heteroatoms. The van der Waals surface area contributed by atoms with Crippen molar-refractivity contribution in [1.82, 2.24) is 10.6 Å². The minimum absolute atomic E-state index is 0.0982. The lowest BCUT2D eigenvalue weighted by molar-refractivity contribution is -0.0835. The number of halogens is 1. The maximum atomic E-state index is 13.0. The molecule has 0 aliphatic carbocycles. The van der Waals surface area contributed by atoms with Gasteiger partial charge >= 0.3 is 0 Å². The first-order chi connectivity index (χ1) is 12.8. The zero-order valence-corrected chi connectivity index (χ0v) is 17.0. The number of nitrogens with one attached hydrogen (secondary N) is 2. The van der Waals surface area contributed by atoms with Crippen LogP contribution in [0.1, 0.15) is 52.2 Å². The van der Waals surface area contributed by atoms with E-state index in [0.717, 1.165) is 32.5 Å². The molecule has 0 radical (unpaired) electrons. The summed E-state index contributed by atoms with van der Waals surface area (Å²) < 4.78 is 19.1. The molecule has 0 spiro atoms. The SMILES string of the molecule is CCNC(=NCC(O)c1ccc(F)cc1)NCC1CCCOC1C(C)(C)C. The van der Waals surface area contributed by atoms with Gasteiger partial charge in [0.25, 0.3) is 0 Å². The first-order valence-electron chi connectivity index (χ1n) is 9.88. The van der Waals surface area contributed by atoms with E-state index in [4.69, 9.17) is 4.74 Å². The van der Waals surface area contributed by atoms with Gasteiger partial charge in [0.05, 0.1) is 18.8 Å². The van der Waals surface area contributed by atoms with Crippen LogP contribution in [0.15, 0.2) is 29.3 Å². The predicted molar refractivity (Wildman–Crippen MR) is 107 cm³/mol. The molecule has 0 aromatic heterocycles. The highest BCUT2D eigenvalue weighted by Crippen LogP contribution is 2.33. The Hall–Kier alpha value is -1.66. The first kappa shape index (κ1) is 21.6. The Labute approximate surface area is 162 Å². The average molecular weight is 380 g/mol. The Morgan fingerprint density at radius 3 is 2.63 bits per heavy atom. The van der Waals surface area contributed by atoms with Crippen molar-refractivity contribution < 1.29 is 14.2 Å². The third-order valence-corrected chi connectivity index (χ3v) is 4.85. The molecule has 152 valence electrons. The van der Waals surface area contributed by atoms with Crippen molar-refractivity contribution in [2.75, 3.05) is 26.2 Å². The highest BCUT2D eigenvalue weighted by atomic mass is 19.1. The zero-order valence-electron chi connectivity index (χ0n) is 17.0. The molecule has 1 fully saturated rings. The molecule has 27 heavy (non-hydrogen) atoms. The molecule has 0 amide bonds. The van der Waals surface area contributed by atoms with Crippen LogP contribution in [-0.4, -0.2) is 43.4 Å². The molecule has 3 atom stereocenters. The fraction of sp³-hybridized carbons (Fsp3) is 0.667. The number of aliphatic hydroxyl groups excluding tert-OH is 1. The van der Waals surface area contributed by atoms with Crippen LogP contribution in [0.3, 0.4) is 0 Å². The molecule has 0 saturated carbocycles. The summed E-state index contributed by atoms with van der Waals surface area (Å²) >= 11 is 0. The standard InChI is InChI=1S/C21H34FN3O2/c1-5-23-20(25-14-18(26)15-8-10-17(22)11-9-15)24-13-16-7-6-12-27-19(16)21(2,3)4/h8-11,16,18-19,26H,5-7,12-14H2,1-4H3,(H2,23,24,25). The van der Waals surface area contributed by atoms with Gasteiger partial charge in [0.1, 0.15) is 5.82 Å². The van der Waals surface area contributed by atoms with Crippen LogP contribution in [0.25, 0.3) is 0 Å². The van der Waals surface area contributed by atoms with Crippen molar-refractivity contribution in [2.45, 2.75) is 52.7 Å². The minimum Gasteiger partial charge on any atom is -0.386 e. The van der Waals surface area contributed by atoms with Gasteiger partial charge in [-0.1, -0.05) is 32.9 Å². The quantitative estimate of drug-likeness (QED) is 0.524. The first-order valence-corrected chi connectivity index (χ1v) is 9.88. The topological polar surface area (TPSA) is 65.9 Å². The van der Waals surface area contributed by atoms with Crippen LogP contribution < -0.4 is 10.6 Å².